The minimum Gasteiger partial charge on any atom is -0.351 e. The maximum atomic E-state index is 12.3. The highest BCUT2D eigenvalue weighted by Gasteiger charge is 2.13. The third-order valence-electron chi connectivity index (χ3n) is 3.77. The minimum absolute atomic E-state index is 0.137. The molecule has 0 fully saturated rings. The number of anilines is 2. The van der Waals surface area contributed by atoms with Crippen LogP contribution in [0, 0.1) is 0 Å². The van der Waals surface area contributed by atoms with Gasteiger partial charge in [0.05, 0.1) is 5.39 Å². The van der Waals surface area contributed by atoms with Crippen molar-refractivity contribution in [3.63, 3.8) is 0 Å². The van der Waals surface area contributed by atoms with Crippen LogP contribution < -0.4 is 10.6 Å². The van der Waals surface area contributed by atoms with E-state index in [0.717, 1.165) is 24.0 Å². The Morgan fingerprint density at radius 2 is 2.00 bits per heavy atom. The van der Waals surface area contributed by atoms with Gasteiger partial charge in [0.15, 0.2) is 0 Å². The molecule has 130 valence electrons. The van der Waals surface area contributed by atoms with Crippen molar-refractivity contribution >= 4 is 28.4 Å². The van der Waals surface area contributed by atoms with Gasteiger partial charge < -0.3 is 20.5 Å². The standard InChI is InChI=1S/C18H22N6O/c1-24(2)10-6-9-19-18(25)15-11-14-16(20-12-21-17(14)23-15)22-13-7-4-3-5-8-13/h3-5,7-8,11-12H,6,9-10H2,1-2H3,(H,19,25)(H2,20,21,22,23). The number of benzene rings is 1. The lowest BCUT2D eigenvalue weighted by atomic mass is 10.3. The monoisotopic (exact) mass is 338 g/mol. The van der Waals surface area contributed by atoms with Gasteiger partial charge in [-0.3, -0.25) is 4.79 Å². The van der Waals surface area contributed by atoms with Gasteiger partial charge in [0.25, 0.3) is 5.91 Å². The van der Waals surface area contributed by atoms with E-state index in [1.807, 2.05) is 44.4 Å². The van der Waals surface area contributed by atoms with Gasteiger partial charge in [-0.2, -0.15) is 0 Å². The van der Waals surface area contributed by atoms with E-state index < -0.39 is 0 Å². The predicted molar refractivity (Wildman–Crippen MR) is 99.1 cm³/mol. The van der Waals surface area contributed by atoms with Crippen molar-refractivity contribution in [1.82, 2.24) is 25.2 Å². The van der Waals surface area contributed by atoms with Crippen molar-refractivity contribution in [2.75, 3.05) is 32.5 Å². The van der Waals surface area contributed by atoms with Gasteiger partial charge in [-0.1, -0.05) is 18.2 Å². The predicted octanol–water partition coefficient (Wildman–Crippen LogP) is 2.38. The highest BCUT2D eigenvalue weighted by atomic mass is 16.1. The molecule has 0 atom stereocenters. The summed E-state index contributed by atoms with van der Waals surface area (Å²) in [6.45, 7) is 1.57. The normalized spacial score (nSPS) is 11.0. The molecular weight excluding hydrogens is 316 g/mol. The molecule has 25 heavy (non-hydrogen) atoms. The molecule has 3 aromatic rings. The molecule has 1 aromatic carbocycles. The van der Waals surface area contributed by atoms with E-state index in [9.17, 15) is 4.79 Å². The zero-order chi connectivity index (χ0) is 17.6. The van der Waals surface area contributed by atoms with Gasteiger partial charge in [-0.05, 0) is 45.3 Å². The van der Waals surface area contributed by atoms with Crippen LogP contribution in [0.15, 0.2) is 42.7 Å². The summed E-state index contributed by atoms with van der Waals surface area (Å²) < 4.78 is 0. The van der Waals surface area contributed by atoms with E-state index in [1.165, 1.54) is 6.33 Å². The molecule has 2 aromatic heterocycles. The van der Waals surface area contributed by atoms with Gasteiger partial charge >= 0.3 is 0 Å². The fourth-order valence-electron chi connectivity index (χ4n) is 2.51. The van der Waals surface area contributed by atoms with E-state index >= 15 is 0 Å². The molecule has 0 aliphatic heterocycles. The molecule has 0 saturated carbocycles. The molecule has 0 bridgehead atoms. The Morgan fingerprint density at radius 1 is 1.20 bits per heavy atom. The number of fused-ring (bicyclic) bond motifs is 1. The van der Waals surface area contributed by atoms with E-state index in [1.54, 1.807) is 6.07 Å². The average Bonchev–Trinajstić information content (AvgIpc) is 3.05. The SMILES string of the molecule is CN(C)CCCNC(=O)c1cc2c(Nc3ccccc3)ncnc2[nH]1. The summed E-state index contributed by atoms with van der Waals surface area (Å²) in [5.41, 5.74) is 2.04. The molecule has 0 radical (unpaired) electrons. The molecular formula is C18H22N6O. The van der Waals surface area contributed by atoms with Crippen LogP contribution in [0.2, 0.25) is 0 Å². The third-order valence-corrected chi connectivity index (χ3v) is 3.77. The van der Waals surface area contributed by atoms with Crippen LogP contribution in [0.4, 0.5) is 11.5 Å². The summed E-state index contributed by atoms with van der Waals surface area (Å²) in [6.07, 6.45) is 2.38. The van der Waals surface area contributed by atoms with Crippen LogP contribution in [0.5, 0.6) is 0 Å². The maximum Gasteiger partial charge on any atom is 0.267 e. The van der Waals surface area contributed by atoms with Crippen molar-refractivity contribution in [1.29, 1.82) is 0 Å². The lowest BCUT2D eigenvalue weighted by Gasteiger charge is -2.09. The van der Waals surface area contributed by atoms with Crippen molar-refractivity contribution < 1.29 is 4.79 Å². The number of amides is 1. The number of carbonyl (C=O) groups excluding carboxylic acids is 1. The van der Waals surface area contributed by atoms with E-state index in [0.29, 0.717) is 23.7 Å². The minimum atomic E-state index is -0.137. The summed E-state index contributed by atoms with van der Waals surface area (Å²) in [6, 6.07) is 11.5. The first-order valence-corrected chi connectivity index (χ1v) is 8.22. The molecule has 0 aliphatic rings. The molecule has 7 nitrogen and oxygen atoms in total. The summed E-state index contributed by atoms with van der Waals surface area (Å²) in [5, 5.41) is 6.96. The summed E-state index contributed by atoms with van der Waals surface area (Å²) in [7, 11) is 4.03. The maximum absolute atomic E-state index is 12.3. The average molecular weight is 338 g/mol. The van der Waals surface area contributed by atoms with Crippen LogP contribution in [-0.2, 0) is 0 Å². The van der Waals surface area contributed by atoms with Gasteiger partial charge in [0.2, 0.25) is 0 Å². The third kappa shape index (κ3) is 4.33. The lowest BCUT2D eigenvalue weighted by molar-refractivity contribution is 0.0948. The number of H-pyrrole nitrogens is 1. The Morgan fingerprint density at radius 3 is 2.76 bits per heavy atom. The van der Waals surface area contributed by atoms with Crippen molar-refractivity contribution in [3.8, 4) is 0 Å². The highest BCUT2D eigenvalue weighted by molar-refractivity contribution is 6.00. The van der Waals surface area contributed by atoms with Gasteiger partial charge in [-0.25, -0.2) is 9.97 Å². The summed E-state index contributed by atoms with van der Waals surface area (Å²) in [4.78, 5) is 26.0. The van der Waals surface area contributed by atoms with E-state index in [2.05, 4.69) is 30.5 Å². The molecule has 0 aliphatic carbocycles. The van der Waals surface area contributed by atoms with Crippen LogP contribution in [-0.4, -0.2) is 52.9 Å². The zero-order valence-corrected chi connectivity index (χ0v) is 14.4. The summed E-state index contributed by atoms with van der Waals surface area (Å²) >= 11 is 0. The molecule has 2 heterocycles. The number of rotatable bonds is 7. The number of aromatic amines is 1. The van der Waals surface area contributed by atoms with Crippen LogP contribution >= 0.6 is 0 Å². The fourth-order valence-corrected chi connectivity index (χ4v) is 2.51. The van der Waals surface area contributed by atoms with Gasteiger partial charge in [0, 0.05) is 12.2 Å². The number of hydrogen-bond donors (Lipinski definition) is 3. The van der Waals surface area contributed by atoms with Crippen LogP contribution in [0.1, 0.15) is 16.9 Å². The van der Waals surface area contributed by atoms with Gasteiger partial charge in [-0.15, -0.1) is 0 Å². The Balaban J connectivity index is 1.73. The first-order valence-electron chi connectivity index (χ1n) is 8.22. The quantitative estimate of drug-likeness (QED) is 0.576. The lowest BCUT2D eigenvalue weighted by Crippen LogP contribution is -2.27. The van der Waals surface area contributed by atoms with Crippen molar-refractivity contribution in [2.24, 2.45) is 0 Å². The van der Waals surface area contributed by atoms with E-state index in [4.69, 9.17) is 0 Å². The van der Waals surface area contributed by atoms with Crippen molar-refractivity contribution in [2.45, 2.75) is 6.42 Å². The smallest absolute Gasteiger partial charge is 0.267 e. The van der Waals surface area contributed by atoms with Gasteiger partial charge in [0.1, 0.15) is 23.5 Å². The second kappa shape index (κ2) is 7.76. The number of aromatic nitrogens is 3. The molecule has 0 saturated heterocycles. The van der Waals surface area contributed by atoms with E-state index in [-0.39, 0.29) is 5.91 Å². The first kappa shape index (κ1) is 16.9. The molecule has 7 heteroatoms. The van der Waals surface area contributed by atoms with Crippen molar-refractivity contribution in [3.05, 3.63) is 48.4 Å². The van der Waals surface area contributed by atoms with Crippen LogP contribution in [0.25, 0.3) is 11.0 Å². The number of nitrogens with one attached hydrogen (secondary N) is 3. The molecule has 1 amide bonds. The Hall–Kier alpha value is -2.93. The second-order valence-corrected chi connectivity index (χ2v) is 6.07. The largest absolute Gasteiger partial charge is 0.351 e. The molecule has 0 spiro atoms. The Labute approximate surface area is 146 Å². The topological polar surface area (TPSA) is 85.9 Å². The number of hydrogen-bond acceptors (Lipinski definition) is 5. The number of nitrogens with zero attached hydrogens (tertiary/aromatic N) is 3. The fraction of sp³-hybridized carbons (Fsp3) is 0.278. The zero-order valence-electron chi connectivity index (χ0n) is 14.4. The number of carbonyl (C=O) groups is 1. The molecule has 3 rings (SSSR count). The first-order chi connectivity index (χ1) is 12.1. The second-order valence-electron chi connectivity index (χ2n) is 6.07. The number of para-hydroxylation sites is 1. The molecule has 3 N–H and O–H groups in total. The Bertz CT molecular complexity index is 843. The summed E-state index contributed by atoms with van der Waals surface area (Å²) in [5.74, 6) is 0.529. The van der Waals surface area contributed by atoms with Crippen LogP contribution in [0.3, 0.4) is 0 Å². The molecule has 0 unspecified atom stereocenters. The Kier molecular flexibility index (Phi) is 5.25. The highest BCUT2D eigenvalue weighted by Crippen LogP contribution is 2.23.